The molecule has 24 heavy (non-hydrogen) atoms. The fraction of sp³-hybridized carbons (Fsp3) is 0.412. The highest BCUT2D eigenvalue weighted by molar-refractivity contribution is 5.77. The van der Waals surface area contributed by atoms with Crippen molar-refractivity contribution in [3.8, 4) is 5.75 Å². The normalized spacial score (nSPS) is 17.6. The largest absolute Gasteiger partial charge is 0.482 e. The van der Waals surface area contributed by atoms with Crippen molar-refractivity contribution < 1.29 is 14.3 Å². The van der Waals surface area contributed by atoms with Gasteiger partial charge in [-0.15, -0.1) is 0 Å². The minimum absolute atomic E-state index is 0.0217. The van der Waals surface area contributed by atoms with E-state index in [1.165, 1.54) is 0 Å². The molecule has 126 valence electrons. The third-order valence-corrected chi connectivity index (χ3v) is 3.70. The predicted octanol–water partition coefficient (Wildman–Crippen LogP) is 1.47. The molecule has 2 aromatic heterocycles. The van der Waals surface area contributed by atoms with Crippen molar-refractivity contribution >= 4 is 5.91 Å². The summed E-state index contributed by atoms with van der Waals surface area (Å²) in [5.74, 6) is 1.11. The van der Waals surface area contributed by atoms with Gasteiger partial charge in [0.1, 0.15) is 11.9 Å². The molecule has 0 aliphatic carbocycles. The van der Waals surface area contributed by atoms with Crippen LogP contribution in [0, 0.1) is 13.8 Å². The average molecular weight is 328 g/mol. The van der Waals surface area contributed by atoms with Crippen LogP contribution in [-0.4, -0.2) is 52.1 Å². The number of hydrogen-bond donors (Lipinski definition) is 0. The van der Waals surface area contributed by atoms with Gasteiger partial charge < -0.3 is 14.4 Å². The number of ether oxygens (including phenoxy) is 2. The number of aryl methyl sites for hydroxylation is 2. The van der Waals surface area contributed by atoms with Crippen LogP contribution in [0.1, 0.15) is 23.3 Å². The number of rotatable bonds is 4. The monoisotopic (exact) mass is 328 g/mol. The molecule has 0 N–H and O–H groups in total. The molecule has 0 unspecified atom stereocenters. The Bertz CT molecular complexity index is 688. The highest BCUT2D eigenvalue weighted by atomic mass is 16.5. The number of carbonyl (C=O) groups excluding carboxylic acids is 1. The van der Waals surface area contributed by atoms with Gasteiger partial charge in [-0.05, 0) is 32.0 Å². The van der Waals surface area contributed by atoms with Gasteiger partial charge in [0, 0.05) is 24.1 Å². The smallest absolute Gasteiger partial charge is 0.260 e. The molecule has 7 nitrogen and oxygen atoms in total. The van der Waals surface area contributed by atoms with E-state index >= 15 is 0 Å². The zero-order valence-electron chi connectivity index (χ0n) is 13.8. The Hall–Kier alpha value is -2.54. The molecule has 1 saturated heterocycles. The topological polar surface area (TPSA) is 77.4 Å². The van der Waals surface area contributed by atoms with Crippen LogP contribution in [0.25, 0.3) is 0 Å². The molecular formula is C17H20N4O3. The summed E-state index contributed by atoms with van der Waals surface area (Å²) in [4.78, 5) is 26.9. The molecule has 3 rings (SSSR count). The first-order chi connectivity index (χ1) is 11.6. The summed E-state index contributed by atoms with van der Waals surface area (Å²) in [5, 5.41) is 0. The van der Waals surface area contributed by atoms with Crippen molar-refractivity contribution in [2.75, 3.05) is 26.3 Å². The van der Waals surface area contributed by atoms with E-state index in [0.717, 1.165) is 11.4 Å². The highest BCUT2D eigenvalue weighted by Crippen LogP contribution is 2.20. The molecule has 0 aromatic carbocycles. The molecule has 0 radical (unpaired) electrons. The van der Waals surface area contributed by atoms with Crippen molar-refractivity contribution in [1.29, 1.82) is 0 Å². The van der Waals surface area contributed by atoms with Crippen LogP contribution in [0.5, 0.6) is 5.75 Å². The van der Waals surface area contributed by atoms with Gasteiger partial charge in [-0.2, -0.15) is 0 Å². The summed E-state index contributed by atoms with van der Waals surface area (Å²) in [6, 6.07) is 5.45. The SMILES string of the molecule is Cc1cc(C)nc([C@@H]2CN(C(=O)COc3cccnc3)CCO2)n1. The molecule has 0 spiro atoms. The van der Waals surface area contributed by atoms with E-state index in [-0.39, 0.29) is 18.6 Å². The van der Waals surface area contributed by atoms with E-state index < -0.39 is 0 Å². The van der Waals surface area contributed by atoms with E-state index in [4.69, 9.17) is 9.47 Å². The molecule has 3 heterocycles. The second-order valence-corrected chi connectivity index (χ2v) is 5.69. The summed E-state index contributed by atoms with van der Waals surface area (Å²) in [7, 11) is 0. The van der Waals surface area contributed by atoms with Crippen molar-refractivity contribution in [2.24, 2.45) is 0 Å². The van der Waals surface area contributed by atoms with E-state index in [1.54, 1.807) is 29.4 Å². The van der Waals surface area contributed by atoms with Crippen molar-refractivity contribution in [1.82, 2.24) is 19.9 Å². The van der Waals surface area contributed by atoms with Gasteiger partial charge in [0.25, 0.3) is 5.91 Å². The van der Waals surface area contributed by atoms with E-state index in [9.17, 15) is 4.79 Å². The predicted molar refractivity (Wildman–Crippen MR) is 86.5 cm³/mol. The summed E-state index contributed by atoms with van der Waals surface area (Å²) in [6.07, 6.45) is 2.93. The van der Waals surface area contributed by atoms with Crippen LogP contribution in [-0.2, 0) is 9.53 Å². The van der Waals surface area contributed by atoms with Crippen LogP contribution in [0.2, 0.25) is 0 Å². The van der Waals surface area contributed by atoms with Gasteiger partial charge in [0.15, 0.2) is 12.4 Å². The lowest BCUT2D eigenvalue weighted by Gasteiger charge is -2.32. The Labute approximate surface area is 140 Å². The first-order valence-corrected chi connectivity index (χ1v) is 7.86. The van der Waals surface area contributed by atoms with Gasteiger partial charge in [0.2, 0.25) is 0 Å². The van der Waals surface area contributed by atoms with Crippen molar-refractivity contribution in [2.45, 2.75) is 20.0 Å². The Morgan fingerprint density at radius 3 is 2.88 bits per heavy atom. The summed E-state index contributed by atoms with van der Waals surface area (Å²) in [6.45, 7) is 5.25. The van der Waals surface area contributed by atoms with Gasteiger partial charge >= 0.3 is 0 Å². The zero-order chi connectivity index (χ0) is 16.9. The maximum atomic E-state index is 12.4. The van der Waals surface area contributed by atoms with E-state index in [0.29, 0.717) is 31.3 Å². The number of nitrogens with zero attached hydrogens (tertiary/aromatic N) is 4. The Morgan fingerprint density at radius 1 is 1.38 bits per heavy atom. The van der Waals surface area contributed by atoms with Crippen LogP contribution in [0.15, 0.2) is 30.6 Å². The summed E-state index contributed by atoms with van der Waals surface area (Å²) < 4.78 is 11.2. The molecule has 7 heteroatoms. The van der Waals surface area contributed by atoms with Gasteiger partial charge in [-0.3, -0.25) is 9.78 Å². The quantitative estimate of drug-likeness (QED) is 0.846. The van der Waals surface area contributed by atoms with Gasteiger partial charge in [-0.25, -0.2) is 9.97 Å². The lowest BCUT2D eigenvalue weighted by Crippen LogP contribution is -2.44. The molecular weight excluding hydrogens is 308 g/mol. The third kappa shape index (κ3) is 4.05. The summed E-state index contributed by atoms with van der Waals surface area (Å²) >= 11 is 0. The first-order valence-electron chi connectivity index (χ1n) is 7.86. The molecule has 2 aromatic rings. The third-order valence-electron chi connectivity index (χ3n) is 3.70. The lowest BCUT2D eigenvalue weighted by atomic mass is 10.2. The molecule has 1 fully saturated rings. The number of carbonyl (C=O) groups is 1. The lowest BCUT2D eigenvalue weighted by molar-refractivity contribution is -0.141. The van der Waals surface area contributed by atoms with Crippen LogP contribution in [0.4, 0.5) is 0 Å². The highest BCUT2D eigenvalue weighted by Gasteiger charge is 2.27. The van der Waals surface area contributed by atoms with Gasteiger partial charge in [0.05, 0.1) is 19.3 Å². The van der Waals surface area contributed by atoms with E-state index in [1.807, 2.05) is 19.9 Å². The van der Waals surface area contributed by atoms with E-state index in [2.05, 4.69) is 15.0 Å². The number of amides is 1. The maximum Gasteiger partial charge on any atom is 0.260 e. The minimum atomic E-state index is -0.306. The summed E-state index contributed by atoms with van der Waals surface area (Å²) in [5.41, 5.74) is 1.79. The standard InChI is InChI=1S/C17H20N4O3/c1-12-8-13(2)20-17(19-12)15-10-21(6-7-23-15)16(22)11-24-14-4-3-5-18-9-14/h3-5,8-9,15H,6-7,10-11H2,1-2H3/t15-/m0/s1. The Kier molecular flexibility index (Phi) is 5.00. The fourth-order valence-electron chi connectivity index (χ4n) is 2.60. The molecule has 1 atom stereocenters. The maximum absolute atomic E-state index is 12.4. The minimum Gasteiger partial charge on any atom is -0.482 e. The first kappa shape index (κ1) is 16.3. The Balaban J connectivity index is 1.61. The number of morpholine rings is 1. The van der Waals surface area contributed by atoms with Crippen LogP contribution < -0.4 is 4.74 Å². The number of aromatic nitrogens is 3. The molecule has 0 bridgehead atoms. The molecule has 1 amide bonds. The molecule has 0 saturated carbocycles. The van der Waals surface area contributed by atoms with Crippen molar-refractivity contribution in [3.05, 3.63) is 47.8 Å². The fourth-order valence-corrected chi connectivity index (χ4v) is 2.60. The number of pyridine rings is 1. The molecule has 1 aliphatic rings. The average Bonchev–Trinajstić information content (AvgIpc) is 2.60. The van der Waals surface area contributed by atoms with Crippen molar-refractivity contribution in [3.63, 3.8) is 0 Å². The van der Waals surface area contributed by atoms with Crippen LogP contribution >= 0.6 is 0 Å². The Morgan fingerprint density at radius 2 is 2.17 bits per heavy atom. The molecule has 1 aliphatic heterocycles. The second kappa shape index (κ2) is 7.35. The van der Waals surface area contributed by atoms with Crippen LogP contribution in [0.3, 0.4) is 0 Å². The second-order valence-electron chi connectivity index (χ2n) is 5.69. The van der Waals surface area contributed by atoms with Gasteiger partial charge in [-0.1, -0.05) is 0 Å². The number of hydrogen-bond acceptors (Lipinski definition) is 6. The zero-order valence-corrected chi connectivity index (χ0v) is 13.8.